The highest BCUT2D eigenvalue weighted by atomic mass is 32.2. The molecule has 0 aromatic heterocycles. The van der Waals surface area contributed by atoms with E-state index in [4.69, 9.17) is 14.2 Å². The van der Waals surface area contributed by atoms with Crippen molar-refractivity contribution in [3.8, 4) is 0 Å². The van der Waals surface area contributed by atoms with Crippen LogP contribution < -0.4 is 4.72 Å². The average Bonchev–Trinajstić information content (AvgIpc) is 2.16. The first kappa shape index (κ1) is 14.8. The van der Waals surface area contributed by atoms with E-state index < -0.39 is 22.4 Å². The second-order valence-electron chi connectivity index (χ2n) is 3.06. The Balaban J connectivity index is 4.19. The van der Waals surface area contributed by atoms with Crippen LogP contribution in [0.5, 0.6) is 0 Å². The van der Waals surface area contributed by atoms with E-state index in [0.29, 0.717) is 0 Å². The summed E-state index contributed by atoms with van der Waals surface area (Å²) in [7, 11) is 1.01. The standard InChI is InChI=1S/C8H19NO5S/c1-7(8(13-3)14-4)9-15(10,11)6-5-12-2/h7-9H,5-6H2,1-4H3. The second kappa shape index (κ2) is 7.13. The molecule has 1 unspecified atom stereocenters. The van der Waals surface area contributed by atoms with Crippen LogP contribution in [0, 0.1) is 0 Å². The van der Waals surface area contributed by atoms with Gasteiger partial charge in [-0.15, -0.1) is 0 Å². The van der Waals surface area contributed by atoms with Crippen molar-refractivity contribution in [2.24, 2.45) is 0 Å². The minimum atomic E-state index is -3.34. The fraction of sp³-hybridized carbons (Fsp3) is 1.00. The van der Waals surface area contributed by atoms with E-state index in [1.54, 1.807) is 6.92 Å². The first-order valence-electron chi connectivity index (χ1n) is 4.51. The summed E-state index contributed by atoms with van der Waals surface area (Å²) in [5, 5.41) is 0. The molecule has 0 amide bonds. The van der Waals surface area contributed by atoms with Crippen molar-refractivity contribution in [1.29, 1.82) is 0 Å². The molecule has 0 aromatic carbocycles. The Kier molecular flexibility index (Phi) is 7.03. The summed E-state index contributed by atoms with van der Waals surface area (Å²) < 4.78 is 39.9. The van der Waals surface area contributed by atoms with Gasteiger partial charge in [-0.05, 0) is 6.92 Å². The molecule has 0 aliphatic rings. The molecule has 0 saturated heterocycles. The molecule has 0 bridgehead atoms. The Bertz CT molecular complexity index is 250. The van der Waals surface area contributed by atoms with Crippen molar-refractivity contribution >= 4 is 10.0 Å². The molecular weight excluding hydrogens is 222 g/mol. The van der Waals surface area contributed by atoms with Crippen LogP contribution in [0.25, 0.3) is 0 Å². The van der Waals surface area contributed by atoms with Crippen LogP contribution in [0.2, 0.25) is 0 Å². The molecule has 0 saturated carbocycles. The van der Waals surface area contributed by atoms with E-state index in [0.717, 1.165) is 0 Å². The summed E-state index contributed by atoms with van der Waals surface area (Å²) in [6, 6.07) is -0.443. The van der Waals surface area contributed by atoms with E-state index in [-0.39, 0.29) is 12.4 Å². The monoisotopic (exact) mass is 241 g/mol. The highest BCUT2D eigenvalue weighted by Gasteiger charge is 2.21. The highest BCUT2D eigenvalue weighted by Crippen LogP contribution is 2.00. The summed E-state index contributed by atoms with van der Waals surface area (Å²) in [6.07, 6.45) is -0.595. The number of hydrogen-bond acceptors (Lipinski definition) is 5. The molecule has 0 aromatic rings. The fourth-order valence-corrected chi connectivity index (χ4v) is 2.28. The lowest BCUT2D eigenvalue weighted by molar-refractivity contribution is -0.115. The molecule has 15 heavy (non-hydrogen) atoms. The molecule has 1 N–H and O–H groups in total. The number of sulfonamides is 1. The third-order valence-corrected chi connectivity index (χ3v) is 3.23. The van der Waals surface area contributed by atoms with E-state index in [2.05, 4.69) is 4.72 Å². The van der Waals surface area contributed by atoms with Crippen LogP contribution in [0.1, 0.15) is 6.92 Å². The number of methoxy groups -OCH3 is 3. The van der Waals surface area contributed by atoms with Crippen molar-refractivity contribution in [3.05, 3.63) is 0 Å². The van der Waals surface area contributed by atoms with Gasteiger partial charge in [-0.3, -0.25) is 0 Å². The van der Waals surface area contributed by atoms with Crippen LogP contribution in [0.15, 0.2) is 0 Å². The Hall–Kier alpha value is -0.210. The van der Waals surface area contributed by atoms with E-state index in [1.165, 1.54) is 21.3 Å². The first-order chi connectivity index (χ1) is 6.96. The van der Waals surface area contributed by atoms with Crippen LogP contribution in [-0.2, 0) is 24.2 Å². The molecule has 0 aliphatic carbocycles. The Labute approximate surface area is 90.9 Å². The number of rotatable bonds is 8. The molecule has 0 aliphatic heterocycles. The minimum absolute atomic E-state index is 0.0754. The molecule has 92 valence electrons. The van der Waals surface area contributed by atoms with Crippen LogP contribution in [0.4, 0.5) is 0 Å². The lowest BCUT2D eigenvalue weighted by Crippen LogP contribution is -2.44. The maximum Gasteiger partial charge on any atom is 0.214 e. The molecule has 0 spiro atoms. The maximum absolute atomic E-state index is 11.4. The van der Waals surface area contributed by atoms with Gasteiger partial charge in [-0.2, -0.15) is 0 Å². The lowest BCUT2D eigenvalue weighted by Gasteiger charge is -2.21. The Morgan fingerprint density at radius 2 is 1.73 bits per heavy atom. The van der Waals surface area contributed by atoms with Crippen molar-refractivity contribution in [3.63, 3.8) is 0 Å². The van der Waals surface area contributed by atoms with Crippen LogP contribution in [0.3, 0.4) is 0 Å². The fourth-order valence-electron chi connectivity index (χ4n) is 1.10. The van der Waals surface area contributed by atoms with Crippen LogP contribution in [-0.4, -0.2) is 54.4 Å². The number of nitrogens with one attached hydrogen (secondary N) is 1. The van der Waals surface area contributed by atoms with Gasteiger partial charge >= 0.3 is 0 Å². The Morgan fingerprint density at radius 1 is 1.20 bits per heavy atom. The van der Waals surface area contributed by atoms with Gasteiger partial charge in [0.2, 0.25) is 10.0 Å². The van der Waals surface area contributed by atoms with Crippen molar-refractivity contribution in [2.75, 3.05) is 33.7 Å². The topological polar surface area (TPSA) is 73.9 Å². The third kappa shape index (κ3) is 6.06. The minimum Gasteiger partial charge on any atom is -0.384 e. The number of hydrogen-bond donors (Lipinski definition) is 1. The zero-order valence-corrected chi connectivity index (χ0v) is 10.3. The smallest absolute Gasteiger partial charge is 0.214 e. The van der Waals surface area contributed by atoms with Gasteiger partial charge in [0.05, 0.1) is 18.4 Å². The molecule has 6 nitrogen and oxygen atoms in total. The normalized spacial score (nSPS) is 14.5. The van der Waals surface area contributed by atoms with Gasteiger partial charge in [0.25, 0.3) is 0 Å². The van der Waals surface area contributed by atoms with Gasteiger partial charge in [0.15, 0.2) is 6.29 Å². The second-order valence-corrected chi connectivity index (χ2v) is 4.93. The molecule has 0 heterocycles. The van der Waals surface area contributed by atoms with Crippen molar-refractivity contribution < 1.29 is 22.6 Å². The molecule has 0 radical (unpaired) electrons. The SMILES string of the molecule is COCCS(=O)(=O)NC(C)C(OC)OC. The zero-order chi connectivity index (χ0) is 11.9. The average molecular weight is 241 g/mol. The summed E-state index contributed by atoms with van der Waals surface area (Å²) in [5.41, 5.74) is 0. The summed E-state index contributed by atoms with van der Waals surface area (Å²) in [5.74, 6) is -0.0754. The van der Waals surface area contributed by atoms with Gasteiger partial charge < -0.3 is 14.2 Å². The molecule has 7 heteroatoms. The van der Waals surface area contributed by atoms with Gasteiger partial charge in [-0.25, -0.2) is 13.1 Å². The predicted molar refractivity (Wildman–Crippen MR) is 56.1 cm³/mol. The summed E-state index contributed by atoms with van der Waals surface area (Å²) >= 11 is 0. The van der Waals surface area contributed by atoms with E-state index >= 15 is 0 Å². The predicted octanol–water partition coefficient (Wildman–Crippen LogP) is -0.440. The molecular formula is C8H19NO5S. The van der Waals surface area contributed by atoms with Crippen molar-refractivity contribution in [2.45, 2.75) is 19.3 Å². The molecule has 1 atom stereocenters. The summed E-state index contributed by atoms with van der Waals surface area (Å²) in [6.45, 7) is 1.83. The van der Waals surface area contributed by atoms with Crippen molar-refractivity contribution in [1.82, 2.24) is 4.72 Å². The quantitative estimate of drug-likeness (QED) is 0.583. The van der Waals surface area contributed by atoms with Gasteiger partial charge in [0.1, 0.15) is 0 Å². The molecule has 0 fully saturated rings. The van der Waals surface area contributed by atoms with E-state index in [9.17, 15) is 8.42 Å². The highest BCUT2D eigenvalue weighted by molar-refractivity contribution is 7.89. The first-order valence-corrected chi connectivity index (χ1v) is 6.16. The number of ether oxygens (including phenoxy) is 3. The largest absolute Gasteiger partial charge is 0.384 e. The maximum atomic E-state index is 11.4. The third-order valence-electron chi connectivity index (χ3n) is 1.79. The Morgan fingerprint density at radius 3 is 2.13 bits per heavy atom. The van der Waals surface area contributed by atoms with Gasteiger partial charge in [-0.1, -0.05) is 0 Å². The summed E-state index contributed by atoms with van der Waals surface area (Å²) in [4.78, 5) is 0. The van der Waals surface area contributed by atoms with Crippen LogP contribution >= 0.6 is 0 Å². The zero-order valence-electron chi connectivity index (χ0n) is 9.52. The lowest BCUT2D eigenvalue weighted by atomic mass is 10.3. The van der Waals surface area contributed by atoms with Gasteiger partial charge in [0, 0.05) is 21.3 Å². The molecule has 0 rings (SSSR count). The van der Waals surface area contributed by atoms with E-state index in [1.807, 2.05) is 0 Å².